The van der Waals surface area contributed by atoms with Gasteiger partial charge in [-0.1, -0.05) is 15.9 Å². The van der Waals surface area contributed by atoms with E-state index in [0.29, 0.717) is 17.1 Å². The van der Waals surface area contributed by atoms with E-state index in [1.54, 1.807) is 18.2 Å². The topological polar surface area (TPSA) is 47.6 Å². The molecule has 0 aliphatic carbocycles. The van der Waals surface area contributed by atoms with Crippen molar-refractivity contribution in [1.82, 2.24) is 0 Å². The van der Waals surface area contributed by atoms with Gasteiger partial charge in [0.1, 0.15) is 0 Å². The van der Waals surface area contributed by atoms with Crippen molar-refractivity contribution in [2.75, 3.05) is 12.1 Å². The molecular weight excluding hydrogens is 437 g/mol. The molecule has 0 spiro atoms. The number of anilines is 1. The quantitative estimate of drug-likeness (QED) is 0.710. The van der Waals surface area contributed by atoms with Crippen LogP contribution in [0.25, 0.3) is 0 Å². The normalized spacial score (nSPS) is 12.3. The highest BCUT2D eigenvalue weighted by molar-refractivity contribution is 14.1. The van der Waals surface area contributed by atoms with E-state index in [9.17, 15) is 4.79 Å². The van der Waals surface area contributed by atoms with Gasteiger partial charge in [-0.2, -0.15) is 0 Å². The molecule has 0 aromatic heterocycles. The molecule has 1 heterocycles. The lowest BCUT2D eigenvalue weighted by atomic mass is 10.2. The minimum Gasteiger partial charge on any atom is -0.454 e. The molecule has 0 radical (unpaired) electrons. The fourth-order valence-electron chi connectivity index (χ4n) is 1.82. The molecule has 0 bridgehead atoms. The second-order valence-electron chi connectivity index (χ2n) is 4.15. The number of hydrogen-bond donors (Lipinski definition) is 1. The molecule has 3 rings (SSSR count). The molecular formula is C14H9BrINO3. The molecule has 0 fully saturated rings. The Morgan fingerprint density at radius 2 is 1.95 bits per heavy atom. The number of fused-ring (bicyclic) bond motifs is 1. The monoisotopic (exact) mass is 445 g/mol. The van der Waals surface area contributed by atoms with Crippen LogP contribution >= 0.6 is 38.5 Å². The highest BCUT2D eigenvalue weighted by Gasteiger charge is 2.16. The van der Waals surface area contributed by atoms with Gasteiger partial charge in [0, 0.05) is 13.6 Å². The smallest absolute Gasteiger partial charge is 0.255 e. The minimum atomic E-state index is -0.177. The number of halogens is 2. The predicted octanol–water partition coefficient (Wildman–Crippen LogP) is 4.03. The third kappa shape index (κ3) is 2.76. The van der Waals surface area contributed by atoms with Gasteiger partial charge >= 0.3 is 0 Å². The number of carbonyl (C=O) groups excluding carboxylic acids is 1. The van der Waals surface area contributed by atoms with Crippen LogP contribution in [0.2, 0.25) is 0 Å². The van der Waals surface area contributed by atoms with Gasteiger partial charge in [0.25, 0.3) is 5.91 Å². The van der Waals surface area contributed by atoms with Gasteiger partial charge in [-0.3, -0.25) is 4.79 Å². The SMILES string of the molecule is O=C(Nc1ccc(Br)cc1I)c1ccc2c(c1)OCO2. The Morgan fingerprint density at radius 1 is 1.15 bits per heavy atom. The third-order valence-electron chi connectivity index (χ3n) is 2.81. The average molecular weight is 446 g/mol. The highest BCUT2D eigenvalue weighted by atomic mass is 127. The maximum absolute atomic E-state index is 12.2. The zero-order chi connectivity index (χ0) is 14.1. The minimum absolute atomic E-state index is 0.177. The third-order valence-corrected chi connectivity index (χ3v) is 4.20. The molecule has 4 nitrogen and oxygen atoms in total. The Labute approximate surface area is 137 Å². The zero-order valence-corrected chi connectivity index (χ0v) is 13.9. The molecule has 1 aliphatic heterocycles. The highest BCUT2D eigenvalue weighted by Crippen LogP contribution is 2.33. The van der Waals surface area contributed by atoms with E-state index in [4.69, 9.17) is 9.47 Å². The number of carbonyl (C=O) groups is 1. The number of amides is 1. The molecule has 20 heavy (non-hydrogen) atoms. The van der Waals surface area contributed by atoms with Crippen molar-refractivity contribution in [1.29, 1.82) is 0 Å². The van der Waals surface area contributed by atoms with Crippen molar-refractivity contribution >= 4 is 50.1 Å². The molecule has 1 aliphatic rings. The second-order valence-corrected chi connectivity index (χ2v) is 6.22. The van der Waals surface area contributed by atoms with E-state index < -0.39 is 0 Å². The molecule has 2 aromatic rings. The van der Waals surface area contributed by atoms with Crippen LogP contribution in [-0.4, -0.2) is 12.7 Å². The molecule has 1 amide bonds. The van der Waals surface area contributed by atoms with Gasteiger partial charge in [-0.25, -0.2) is 0 Å². The lowest BCUT2D eigenvalue weighted by molar-refractivity contribution is 0.102. The van der Waals surface area contributed by atoms with E-state index in [1.165, 1.54) is 0 Å². The summed E-state index contributed by atoms with van der Waals surface area (Å²) in [5, 5.41) is 2.88. The Kier molecular flexibility index (Phi) is 3.84. The van der Waals surface area contributed by atoms with Crippen LogP contribution < -0.4 is 14.8 Å². The first-order valence-electron chi connectivity index (χ1n) is 5.79. The maximum Gasteiger partial charge on any atom is 0.255 e. The number of benzene rings is 2. The van der Waals surface area contributed by atoms with E-state index in [2.05, 4.69) is 43.8 Å². The van der Waals surface area contributed by atoms with Crippen LogP contribution in [0.4, 0.5) is 5.69 Å². The molecule has 102 valence electrons. The summed E-state index contributed by atoms with van der Waals surface area (Å²) in [6.07, 6.45) is 0. The summed E-state index contributed by atoms with van der Waals surface area (Å²) in [6, 6.07) is 10.8. The zero-order valence-electron chi connectivity index (χ0n) is 10.2. The Morgan fingerprint density at radius 3 is 2.75 bits per heavy atom. The summed E-state index contributed by atoms with van der Waals surface area (Å²) in [5.74, 6) is 1.09. The van der Waals surface area contributed by atoms with Gasteiger partial charge in [0.05, 0.1) is 5.69 Å². The maximum atomic E-state index is 12.2. The number of ether oxygens (including phenoxy) is 2. The Bertz CT molecular complexity index is 690. The molecule has 2 aromatic carbocycles. The summed E-state index contributed by atoms with van der Waals surface area (Å²) < 4.78 is 12.4. The van der Waals surface area contributed by atoms with Crippen molar-refractivity contribution < 1.29 is 14.3 Å². The summed E-state index contributed by atoms with van der Waals surface area (Å²) >= 11 is 5.57. The van der Waals surface area contributed by atoms with Crippen LogP contribution in [0.1, 0.15) is 10.4 Å². The average Bonchev–Trinajstić information content (AvgIpc) is 2.89. The summed E-state index contributed by atoms with van der Waals surface area (Å²) in [6.45, 7) is 0.199. The first-order valence-corrected chi connectivity index (χ1v) is 7.67. The molecule has 0 unspecified atom stereocenters. The molecule has 6 heteroatoms. The lowest BCUT2D eigenvalue weighted by Crippen LogP contribution is -2.12. The van der Waals surface area contributed by atoms with Crippen molar-refractivity contribution in [2.45, 2.75) is 0 Å². The Balaban J connectivity index is 1.82. The molecule has 1 N–H and O–H groups in total. The van der Waals surface area contributed by atoms with E-state index >= 15 is 0 Å². The fourth-order valence-corrected chi connectivity index (χ4v) is 3.26. The first kappa shape index (κ1) is 13.7. The largest absolute Gasteiger partial charge is 0.454 e. The first-order chi connectivity index (χ1) is 9.63. The number of rotatable bonds is 2. The lowest BCUT2D eigenvalue weighted by Gasteiger charge is -2.08. The van der Waals surface area contributed by atoms with Crippen LogP contribution in [-0.2, 0) is 0 Å². The van der Waals surface area contributed by atoms with E-state index in [-0.39, 0.29) is 12.7 Å². The molecule has 0 atom stereocenters. The van der Waals surface area contributed by atoms with Crippen molar-refractivity contribution in [3.8, 4) is 11.5 Å². The van der Waals surface area contributed by atoms with Gasteiger partial charge in [-0.15, -0.1) is 0 Å². The number of hydrogen-bond acceptors (Lipinski definition) is 3. The van der Waals surface area contributed by atoms with Crippen LogP contribution in [0.5, 0.6) is 11.5 Å². The van der Waals surface area contributed by atoms with Crippen molar-refractivity contribution in [2.24, 2.45) is 0 Å². The van der Waals surface area contributed by atoms with Crippen LogP contribution in [0.15, 0.2) is 40.9 Å². The van der Waals surface area contributed by atoms with Crippen molar-refractivity contribution in [3.05, 3.63) is 50.0 Å². The number of nitrogens with one attached hydrogen (secondary N) is 1. The van der Waals surface area contributed by atoms with Crippen molar-refractivity contribution in [3.63, 3.8) is 0 Å². The van der Waals surface area contributed by atoms with E-state index in [1.807, 2.05) is 18.2 Å². The molecule has 0 saturated heterocycles. The second kappa shape index (κ2) is 5.61. The van der Waals surface area contributed by atoms with E-state index in [0.717, 1.165) is 13.7 Å². The predicted molar refractivity (Wildman–Crippen MR) is 87.4 cm³/mol. The van der Waals surface area contributed by atoms with Gasteiger partial charge in [0.15, 0.2) is 11.5 Å². The molecule has 0 saturated carbocycles. The Hall–Kier alpha value is -1.28. The summed E-state index contributed by atoms with van der Waals surface area (Å²) in [5.41, 5.74) is 1.31. The summed E-state index contributed by atoms with van der Waals surface area (Å²) in [7, 11) is 0. The fraction of sp³-hybridized carbons (Fsp3) is 0.0714. The van der Waals surface area contributed by atoms with Gasteiger partial charge < -0.3 is 14.8 Å². The van der Waals surface area contributed by atoms with Gasteiger partial charge in [-0.05, 0) is 59.0 Å². The van der Waals surface area contributed by atoms with Gasteiger partial charge in [0.2, 0.25) is 6.79 Å². The van der Waals surface area contributed by atoms with Crippen LogP contribution in [0.3, 0.4) is 0 Å². The van der Waals surface area contributed by atoms with Crippen LogP contribution in [0, 0.1) is 3.57 Å². The standard InChI is InChI=1S/C14H9BrINO3/c15-9-2-3-11(10(16)6-9)17-14(18)8-1-4-12-13(5-8)20-7-19-12/h1-6H,7H2,(H,17,18). The summed E-state index contributed by atoms with van der Waals surface area (Å²) in [4.78, 5) is 12.2.